The summed E-state index contributed by atoms with van der Waals surface area (Å²) in [6.07, 6.45) is 2.96. The molecule has 3 aromatic carbocycles. The van der Waals surface area contributed by atoms with Gasteiger partial charge in [-0.3, -0.25) is 9.36 Å². The normalized spacial score (nSPS) is 11.5. The van der Waals surface area contributed by atoms with Gasteiger partial charge in [-0.15, -0.1) is 0 Å². The van der Waals surface area contributed by atoms with Crippen LogP contribution in [0.4, 0.5) is 4.39 Å². The van der Waals surface area contributed by atoms with E-state index in [0.717, 1.165) is 0 Å². The van der Waals surface area contributed by atoms with E-state index in [1.807, 2.05) is 0 Å². The van der Waals surface area contributed by atoms with E-state index < -0.39 is 15.7 Å². The number of hydrogen-bond donors (Lipinski definition) is 0. The number of fused-ring (bicyclic) bond motifs is 1. The number of nitrogens with zero attached hydrogens (tertiary/aromatic N) is 3. The van der Waals surface area contributed by atoms with Crippen molar-refractivity contribution in [1.82, 2.24) is 14.5 Å². The van der Waals surface area contributed by atoms with Crippen LogP contribution in [0, 0.1) is 5.82 Å². The van der Waals surface area contributed by atoms with Gasteiger partial charge in [-0.05, 0) is 60.2 Å². The smallest absolute Gasteiger partial charge is 0.255 e. The van der Waals surface area contributed by atoms with Crippen molar-refractivity contribution in [2.24, 2.45) is 0 Å². The summed E-state index contributed by atoms with van der Waals surface area (Å²) >= 11 is 6.58. The summed E-state index contributed by atoms with van der Waals surface area (Å²) in [5.41, 5.74) is 1.53. The topological polar surface area (TPSA) is 91.2 Å². The highest BCUT2D eigenvalue weighted by atomic mass is 35.5. The quantitative estimate of drug-likeness (QED) is 0.296. The van der Waals surface area contributed by atoms with Gasteiger partial charge in [0.25, 0.3) is 5.56 Å². The molecule has 7 nitrogen and oxygen atoms in total. The second kappa shape index (κ2) is 9.76. The van der Waals surface area contributed by atoms with Crippen molar-refractivity contribution >= 4 is 32.3 Å². The third-order valence-corrected chi connectivity index (χ3v) is 7.73. The maximum Gasteiger partial charge on any atom is 0.255 e. The lowest BCUT2D eigenvalue weighted by Crippen LogP contribution is -2.18. The van der Waals surface area contributed by atoms with Crippen LogP contribution in [-0.2, 0) is 15.6 Å². The Balaban J connectivity index is 1.63. The monoisotopic (exact) mass is 535 g/mol. The molecular formula is C27H19ClFN3O4S. The molecule has 0 N–H and O–H groups in total. The third kappa shape index (κ3) is 4.83. The van der Waals surface area contributed by atoms with E-state index in [9.17, 15) is 17.6 Å². The number of aromatic nitrogens is 3. The Labute approximate surface area is 216 Å². The summed E-state index contributed by atoms with van der Waals surface area (Å²) in [5, 5.41) is 0.800. The number of ether oxygens (including phenoxy) is 1. The summed E-state index contributed by atoms with van der Waals surface area (Å²) in [4.78, 5) is 21.1. The predicted molar refractivity (Wildman–Crippen MR) is 139 cm³/mol. The zero-order chi connectivity index (χ0) is 26.2. The van der Waals surface area contributed by atoms with Crippen molar-refractivity contribution < 1.29 is 17.5 Å². The van der Waals surface area contributed by atoms with Gasteiger partial charge in [0.2, 0.25) is 0 Å². The molecule has 0 aliphatic heterocycles. The molecule has 0 spiro atoms. The average molecular weight is 536 g/mol. The molecule has 0 aliphatic rings. The molecule has 0 bridgehead atoms. The lowest BCUT2D eigenvalue weighted by Gasteiger charge is -2.17. The number of methoxy groups -OCH3 is 1. The molecule has 2 heterocycles. The average Bonchev–Trinajstić information content (AvgIpc) is 2.88. The molecule has 10 heteroatoms. The van der Waals surface area contributed by atoms with Crippen LogP contribution in [0.25, 0.3) is 27.7 Å². The van der Waals surface area contributed by atoms with Gasteiger partial charge in [0.1, 0.15) is 23.1 Å². The van der Waals surface area contributed by atoms with Crippen LogP contribution < -0.4 is 10.3 Å². The minimum absolute atomic E-state index is 0.0732. The Morgan fingerprint density at radius 1 is 0.973 bits per heavy atom. The molecular weight excluding hydrogens is 517 g/mol. The Morgan fingerprint density at radius 2 is 1.76 bits per heavy atom. The van der Waals surface area contributed by atoms with Crippen molar-refractivity contribution in [3.8, 4) is 22.6 Å². The van der Waals surface area contributed by atoms with Gasteiger partial charge in [0.05, 0.1) is 28.2 Å². The lowest BCUT2D eigenvalue weighted by atomic mass is 10.0. The standard InChI is InChI=1S/C27H19ClFN3O4S/c1-36-25-14-21(17-4-2-5-19(29)12-17)22(28)15-24(25)32-23-8-7-20(13-18(23)6-9-27(32)33)37(34,35)16-26-30-10-3-11-31-26/h2-15H,16H2,1H3. The lowest BCUT2D eigenvalue weighted by molar-refractivity contribution is 0.413. The van der Waals surface area contributed by atoms with Crippen molar-refractivity contribution in [3.05, 3.63) is 112 Å². The van der Waals surface area contributed by atoms with E-state index in [-0.39, 0.29) is 27.1 Å². The fraction of sp³-hybridized carbons (Fsp3) is 0.0741. The van der Waals surface area contributed by atoms with E-state index >= 15 is 0 Å². The van der Waals surface area contributed by atoms with E-state index in [0.29, 0.717) is 33.5 Å². The molecule has 37 heavy (non-hydrogen) atoms. The summed E-state index contributed by atoms with van der Waals surface area (Å²) in [6, 6.07) is 18.2. The molecule has 0 aliphatic carbocycles. The van der Waals surface area contributed by atoms with E-state index in [1.54, 1.807) is 42.5 Å². The molecule has 0 radical (unpaired) electrons. The first-order chi connectivity index (χ1) is 17.8. The number of sulfone groups is 1. The first-order valence-electron chi connectivity index (χ1n) is 11.1. The zero-order valence-electron chi connectivity index (χ0n) is 19.4. The number of rotatable bonds is 6. The highest BCUT2D eigenvalue weighted by Crippen LogP contribution is 2.37. The first-order valence-corrected chi connectivity index (χ1v) is 13.1. The Morgan fingerprint density at radius 3 is 2.49 bits per heavy atom. The Kier molecular flexibility index (Phi) is 6.49. The van der Waals surface area contributed by atoms with Crippen LogP contribution in [0.15, 0.2) is 94.9 Å². The first kappa shape index (κ1) is 24.6. The van der Waals surface area contributed by atoms with Gasteiger partial charge in [-0.2, -0.15) is 0 Å². The van der Waals surface area contributed by atoms with Crippen molar-refractivity contribution in [2.75, 3.05) is 7.11 Å². The molecule has 0 unspecified atom stereocenters. The highest BCUT2D eigenvalue weighted by Gasteiger charge is 2.20. The maximum absolute atomic E-state index is 13.8. The van der Waals surface area contributed by atoms with E-state index in [4.69, 9.17) is 16.3 Å². The Hall–Kier alpha value is -4.08. The van der Waals surface area contributed by atoms with Gasteiger partial charge >= 0.3 is 0 Å². The minimum Gasteiger partial charge on any atom is -0.495 e. The van der Waals surface area contributed by atoms with Crippen LogP contribution in [0.5, 0.6) is 5.75 Å². The van der Waals surface area contributed by atoms with Gasteiger partial charge in [0.15, 0.2) is 9.84 Å². The van der Waals surface area contributed by atoms with Gasteiger partial charge < -0.3 is 4.74 Å². The number of halogens is 2. The van der Waals surface area contributed by atoms with Crippen LogP contribution in [0.2, 0.25) is 5.02 Å². The van der Waals surface area contributed by atoms with E-state index in [2.05, 4.69) is 9.97 Å². The summed E-state index contributed by atoms with van der Waals surface area (Å²) in [7, 11) is -2.29. The number of hydrogen-bond acceptors (Lipinski definition) is 6. The second-order valence-corrected chi connectivity index (χ2v) is 10.6. The molecule has 0 atom stereocenters. The minimum atomic E-state index is -3.74. The molecule has 0 saturated carbocycles. The van der Waals surface area contributed by atoms with Crippen molar-refractivity contribution in [1.29, 1.82) is 0 Å². The van der Waals surface area contributed by atoms with Gasteiger partial charge in [0, 0.05) is 29.4 Å². The van der Waals surface area contributed by atoms with Crippen LogP contribution in [0.3, 0.4) is 0 Å². The largest absolute Gasteiger partial charge is 0.495 e. The van der Waals surface area contributed by atoms with E-state index in [1.165, 1.54) is 54.4 Å². The zero-order valence-corrected chi connectivity index (χ0v) is 21.0. The van der Waals surface area contributed by atoms with Crippen molar-refractivity contribution in [3.63, 3.8) is 0 Å². The molecule has 5 rings (SSSR count). The second-order valence-electron chi connectivity index (χ2n) is 8.17. The highest BCUT2D eigenvalue weighted by molar-refractivity contribution is 7.90. The summed E-state index contributed by atoms with van der Waals surface area (Å²) < 4.78 is 46.8. The van der Waals surface area contributed by atoms with Gasteiger partial charge in [-0.25, -0.2) is 22.8 Å². The van der Waals surface area contributed by atoms with Crippen molar-refractivity contribution in [2.45, 2.75) is 10.6 Å². The molecule has 5 aromatic rings. The van der Waals surface area contributed by atoms with Crippen LogP contribution in [0.1, 0.15) is 5.82 Å². The summed E-state index contributed by atoms with van der Waals surface area (Å²) in [5.74, 6) is -0.253. The number of benzene rings is 3. The molecule has 0 amide bonds. The Bertz CT molecular complexity index is 1810. The molecule has 2 aromatic heterocycles. The fourth-order valence-corrected chi connectivity index (χ4v) is 5.59. The van der Waals surface area contributed by atoms with Crippen LogP contribution >= 0.6 is 11.6 Å². The molecule has 186 valence electrons. The summed E-state index contributed by atoms with van der Waals surface area (Å²) in [6.45, 7) is 0. The predicted octanol–water partition coefficient (Wildman–Crippen LogP) is 5.22. The molecule has 0 saturated heterocycles. The third-order valence-electron chi connectivity index (χ3n) is 5.81. The fourth-order valence-electron chi connectivity index (χ4n) is 4.08. The number of pyridine rings is 1. The van der Waals surface area contributed by atoms with Gasteiger partial charge in [-0.1, -0.05) is 23.7 Å². The maximum atomic E-state index is 13.8. The van der Waals surface area contributed by atoms with Crippen LogP contribution in [-0.4, -0.2) is 30.1 Å². The molecule has 0 fully saturated rings. The SMILES string of the molecule is COc1cc(-c2cccc(F)c2)c(Cl)cc1-n1c(=O)ccc2cc(S(=O)(=O)Cc3ncccn3)ccc21.